The first-order valence-corrected chi connectivity index (χ1v) is 5.34. The Balaban J connectivity index is 3.33. The van der Waals surface area contributed by atoms with E-state index in [1.165, 1.54) is 16.7 Å². The maximum absolute atomic E-state index is 8.72. The minimum absolute atomic E-state index is 0.153. The van der Waals surface area contributed by atoms with Gasteiger partial charge in [0.1, 0.15) is 0 Å². The van der Waals surface area contributed by atoms with Crippen molar-refractivity contribution in [3.63, 3.8) is 0 Å². The molecule has 0 N–H and O–H groups in total. The molecule has 0 heterocycles. The third kappa shape index (κ3) is 2.59. The monoisotopic (exact) mass is 201 g/mol. The summed E-state index contributed by atoms with van der Waals surface area (Å²) in [5.41, 5.74) is 5.27. The van der Waals surface area contributed by atoms with E-state index in [0.29, 0.717) is 6.42 Å². The summed E-state index contributed by atoms with van der Waals surface area (Å²) in [6.07, 6.45) is 0.504. The lowest BCUT2D eigenvalue weighted by Gasteiger charge is -2.23. The molecule has 0 fully saturated rings. The SMILES string of the molecule is Cc1cc(CC#N)cc(C(C)(C)C)c1C. The van der Waals surface area contributed by atoms with E-state index < -0.39 is 0 Å². The van der Waals surface area contributed by atoms with Gasteiger partial charge in [-0.15, -0.1) is 0 Å². The molecule has 0 atom stereocenters. The number of aryl methyl sites for hydroxylation is 1. The van der Waals surface area contributed by atoms with Crippen LogP contribution in [-0.2, 0) is 11.8 Å². The van der Waals surface area contributed by atoms with Crippen molar-refractivity contribution in [2.75, 3.05) is 0 Å². The largest absolute Gasteiger partial charge is 0.198 e. The summed E-state index contributed by atoms with van der Waals surface area (Å²) in [4.78, 5) is 0. The lowest BCUT2D eigenvalue weighted by molar-refractivity contribution is 0.584. The molecule has 0 aliphatic carbocycles. The maximum atomic E-state index is 8.72. The molecule has 0 aliphatic rings. The second kappa shape index (κ2) is 4.06. The molecule has 80 valence electrons. The Morgan fingerprint density at radius 1 is 1.20 bits per heavy atom. The lowest BCUT2D eigenvalue weighted by atomic mass is 9.81. The molecule has 0 aromatic heterocycles. The fourth-order valence-corrected chi connectivity index (χ4v) is 1.91. The highest BCUT2D eigenvalue weighted by Crippen LogP contribution is 2.28. The van der Waals surface area contributed by atoms with Crippen LogP contribution in [0.4, 0.5) is 0 Å². The second-order valence-corrected chi connectivity index (χ2v) is 5.17. The predicted molar refractivity (Wildman–Crippen MR) is 63.9 cm³/mol. The van der Waals surface area contributed by atoms with Gasteiger partial charge in [-0.05, 0) is 41.5 Å². The molecule has 1 rings (SSSR count). The fraction of sp³-hybridized carbons (Fsp3) is 0.500. The zero-order chi connectivity index (χ0) is 11.6. The lowest BCUT2D eigenvalue weighted by Crippen LogP contribution is -2.14. The molecular weight excluding hydrogens is 182 g/mol. The van der Waals surface area contributed by atoms with Crippen LogP contribution in [0, 0.1) is 25.2 Å². The van der Waals surface area contributed by atoms with Gasteiger partial charge in [-0.25, -0.2) is 0 Å². The molecule has 0 bridgehead atoms. The van der Waals surface area contributed by atoms with Crippen LogP contribution < -0.4 is 0 Å². The number of nitrogens with zero attached hydrogens (tertiary/aromatic N) is 1. The van der Waals surface area contributed by atoms with Gasteiger partial charge >= 0.3 is 0 Å². The van der Waals surface area contributed by atoms with Gasteiger partial charge in [-0.1, -0.05) is 32.9 Å². The van der Waals surface area contributed by atoms with Crippen molar-refractivity contribution in [2.45, 2.75) is 46.5 Å². The summed E-state index contributed by atoms with van der Waals surface area (Å²) in [5.74, 6) is 0. The van der Waals surface area contributed by atoms with Crippen LogP contribution in [0.3, 0.4) is 0 Å². The van der Waals surface area contributed by atoms with Gasteiger partial charge in [0.25, 0.3) is 0 Å². The zero-order valence-corrected chi connectivity index (χ0v) is 10.3. The summed E-state index contributed by atoms with van der Waals surface area (Å²) in [7, 11) is 0. The number of hydrogen-bond donors (Lipinski definition) is 0. The van der Waals surface area contributed by atoms with Crippen molar-refractivity contribution in [1.82, 2.24) is 0 Å². The molecule has 0 unspecified atom stereocenters. The number of rotatable bonds is 1. The highest BCUT2D eigenvalue weighted by atomic mass is 14.2. The number of hydrogen-bond acceptors (Lipinski definition) is 1. The van der Waals surface area contributed by atoms with E-state index in [9.17, 15) is 0 Å². The fourth-order valence-electron chi connectivity index (χ4n) is 1.91. The third-order valence-corrected chi connectivity index (χ3v) is 2.82. The van der Waals surface area contributed by atoms with Gasteiger partial charge in [0, 0.05) is 0 Å². The molecule has 15 heavy (non-hydrogen) atoms. The van der Waals surface area contributed by atoms with Crippen molar-refractivity contribution in [3.05, 3.63) is 34.4 Å². The molecule has 1 aromatic carbocycles. The van der Waals surface area contributed by atoms with E-state index in [1.54, 1.807) is 0 Å². The van der Waals surface area contributed by atoms with Crippen molar-refractivity contribution in [2.24, 2.45) is 0 Å². The van der Waals surface area contributed by atoms with E-state index in [-0.39, 0.29) is 5.41 Å². The first-order valence-electron chi connectivity index (χ1n) is 5.34. The Hall–Kier alpha value is -1.29. The van der Waals surface area contributed by atoms with E-state index in [0.717, 1.165) is 5.56 Å². The molecular formula is C14H19N. The Labute approximate surface area is 92.7 Å². The molecule has 0 spiro atoms. The quantitative estimate of drug-likeness (QED) is 0.680. The minimum atomic E-state index is 0.153. The van der Waals surface area contributed by atoms with Gasteiger partial charge < -0.3 is 0 Å². The van der Waals surface area contributed by atoms with Crippen LogP contribution in [0.1, 0.15) is 43.0 Å². The smallest absolute Gasteiger partial charge is 0.0669 e. The van der Waals surface area contributed by atoms with Crippen molar-refractivity contribution in [1.29, 1.82) is 5.26 Å². The predicted octanol–water partition coefficient (Wildman–Crippen LogP) is 3.67. The summed E-state index contributed by atoms with van der Waals surface area (Å²) < 4.78 is 0. The highest BCUT2D eigenvalue weighted by molar-refractivity contribution is 5.42. The molecule has 0 saturated heterocycles. The van der Waals surface area contributed by atoms with E-state index in [1.807, 2.05) is 0 Å². The molecule has 0 saturated carbocycles. The van der Waals surface area contributed by atoms with Crippen LogP contribution in [0.25, 0.3) is 0 Å². The van der Waals surface area contributed by atoms with Crippen molar-refractivity contribution in [3.8, 4) is 6.07 Å². The zero-order valence-electron chi connectivity index (χ0n) is 10.3. The van der Waals surface area contributed by atoms with Crippen molar-refractivity contribution >= 4 is 0 Å². The molecule has 1 aromatic rings. The maximum Gasteiger partial charge on any atom is 0.0669 e. The summed E-state index contributed by atoms with van der Waals surface area (Å²) in [6.45, 7) is 10.9. The van der Waals surface area contributed by atoms with Crippen LogP contribution >= 0.6 is 0 Å². The minimum Gasteiger partial charge on any atom is -0.198 e. The van der Waals surface area contributed by atoms with Crippen LogP contribution in [0.15, 0.2) is 12.1 Å². The Kier molecular flexibility index (Phi) is 3.19. The summed E-state index contributed by atoms with van der Waals surface area (Å²) >= 11 is 0. The Bertz CT molecular complexity index is 403. The molecule has 0 radical (unpaired) electrons. The highest BCUT2D eigenvalue weighted by Gasteiger charge is 2.17. The van der Waals surface area contributed by atoms with Gasteiger partial charge in [-0.3, -0.25) is 0 Å². The summed E-state index contributed by atoms with van der Waals surface area (Å²) in [6, 6.07) is 6.50. The van der Waals surface area contributed by atoms with Crippen LogP contribution in [0.5, 0.6) is 0 Å². The molecule has 0 aliphatic heterocycles. The van der Waals surface area contributed by atoms with E-state index in [2.05, 4.69) is 52.8 Å². The molecule has 1 nitrogen and oxygen atoms in total. The average Bonchev–Trinajstić information content (AvgIpc) is 2.09. The number of benzene rings is 1. The second-order valence-electron chi connectivity index (χ2n) is 5.17. The molecule has 0 amide bonds. The van der Waals surface area contributed by atoms with Gasteiger partial charge in [0.15, 0.2) is 0 Å². The Morgan fingerprint density at radius 3 is 2.27 bits per heavy atom. The van der Waals surface area contributed by atoms with E-state index >= 15 is 0 Å². The van der Waals surface area contributed by atoms with Crippen LogP contribution in [0.2, 0.25) is 0 Å². The Morgan fingerprint density at radius 2 is 1.80 bits per heavy atom. The topological polar surface area (TPSA) is 23.8 Å². The number of nitriles is 1. The van der Waals surface area contributed by atoms with Gasteiger partial charge in [0.2, 0.25) is 0 Å². The first kappa shape index (κ1) is 11.8. The standard InChI is InChI=1S/C14H19N/c1-10-8-12(6-7-15)9-13(11(10)2)14(3,4)5/h8-9H,6H2,1-5H3. The summed E-state index contributed by atoms with van der Waals surface area (Å²) in [5, 5.41) is 8.72. The average molecular weight is 201 g/mol. The normalized spacial score (nSPS) is 11.2. The third-order valence-electron chi connectivity index (χ3n) is 2.82. The van der Waals surface area contributed by atoms with Crippen molar-refractivity contribution < 1.29 is 0 Å². The van der Waals surface area contributed by atoms with Crippen LogP contribution in [-0.4, -0.2) is 0 Å². The molecule has 1 heteroatoms. The van der Waals surface area contributed by atoms with E-state index in [4.69, 9.17) is 5.26 Å². The first-order chi connectivity index (χ1) is 6.86. The van der Waals surface area contributed by atoms with Gasteiger partial charge in [-0.2, -0.15) is 5.26 Å². The van der Waals surface area contributed by atoms with Gasteiger partial charge in [0.05, 0.1) is 12.5 Å².